The quantitative estimate of drug-likeness (QED) is 0.245. The van der Waals surface area contributed by atoms with Gasteiger partial charge >= 0.3 is 45.5 Å². The zero-order chi connectivity index (χ0) is 0. The smallest absolute Gasteiger partial charge is 1.00 e. The molecule has 0 aromatic rings. The Kier molecular flexibility index (Phi) is 101. The van der Waals surface area contributed by atoms with Gasteiger partial charge in [0, 0.05) is 0 Å². The van der Waals surface area contributed by atoms with Gasteiger partial charge in [-0.05, 0) is 0 Å². The standard InChI is InChI=1S/3HI.Sr/h3*1H;/q;;;+2/p-3. The normalized spacial score (nSPS) is 0. The molecule has 0 aliphatic rings. The van der Waals surface area contributed by atoms with Crippen LogP contribution in [0.4, 0.5) is 0 Å². The van der Waals surface area contributed by atoms with Crippen molar-refractivity contribution in [2.75, 3.05) is 0 Å². The van der Waals surface area contributed by atoms with E-state index in [1.165, 1.54) is 0 Å². The Morgan fingerprint density at radius 3 is 0.500 bits per heavy atom. The molecule has 0 aliphatic heterocycles. The molecule has 0 fully saturated rings. The van der Waals surface area contributed by atoms with Gasteiger partial charge in [0.05, 0.1) is 0 Å². The molecule has 0 aromatic heterocycles. The van der Waals surface area contributed by atoms with Crippen molar-refractivity contribution in [3.05, 3.63) is 0 Å². The fraction of sp³-hybridized carbons (Fsp3) is 0. The van der Waals surface area contributed by atoms with E-state index in [2.05, 4.69) is 0 Å². The first kappa shape index (κ1) is 25.3. The maximum absolute atomic E-state index is 0. The molecule has 0 N–H and O–H groups in total. The molecule has 0 aromatic carbocycles. The van der Waals surface area contributed by atoms with Gasteiger partial charge in [0.15, 0.2) is 0 Å². The molecular formula is I3Sr-. The molecule has 0 atom stereocenters. The summed E-state index contributed by atoms with van der Waals surface area (Å²) >= 11 is 0. The molecule has 0 rings (SSSR count). The summed E-state index contributed by atoms with van der Waals surface area (Å²) in [7, 11) is 0. The SMILES string of the molecule is [I-].[I-].[I-].[Sr+2]. The van der Waals surface area contributed by atoms with Crippen LogP contribution in [-0.4, -0.2) is 45.5 Å². The van der Waals surface area contributed by atoms with E-state index < -0.39 is 0 Å². The van der Waals surface area contributed by atoms with Crippen LogP contribution in [0, 0.1) is 0 Å². The Balaban J connectivity index is 0. The van der Waals surface area contributed by atoms with Crippen LogP contribution < -0.4 is 71.9 Å². The molecule has 0 saturated heterocycles. The van der Waals surface area contributed by atoms with Gasteiger partial charge in [-0.2, -0.15) is 0 Å². The Morgan fingerprint density at radius 2 is 0.500 bits per heavy atom. The van der Waals surface area contributed by atoms with E-state index in [1.54, 1.807) is 0 Å². The molecule has 24 valence electrons. The number of rotatable bonds is 0. The monoisotopic (exact) mass is 469 g/mol. The zero-order valence-corrected chi connectivity index (χ0v) is 11.8. The molecule has 4 heteroatoms. The van der Waals surface area contributed by atoms with Crippen molar-refractivity contribution < 1.29 is 71.9 Å². The van der Waals surface area contributed by atoms with Crippen LogP contribution in [0.25, 0.3) is 0 Å². The summed E-state index contributed by atoms with van der Waals surface area (Å²) in [6.07, 6.45) is 0. The summed E-state index contributed by atoms with van der Waals surface area (Å²) in [6, 6.07) is 0. The molecule has 0 spiro atoms. The third-order valence-corrected chi connectivity index (χ3v) is 0. The van der Waals surface area contributed by atoms with Crippen LogP contribution in [0.1, 0.15) is 0 Å². The van der Waals surface area contributed by atoms with Gasteiger partial charge in [-0.1, -0.05) is 0 Å². The fourth-order valence-electron chi connectivity index (χ4n) is 0. The number of hydrogen-bond acceptors (Lipinski definition) is 0. The van der Waals surface area contributed by atoms with E-state index in [0.29, 0.717) is 0 Å². The van der Waals surface area contributed by atoms with Gasteiger partial charge in [0.1, 0.15) is 0 Å². The van der Waals surface area contributed by atoms with E-state index in [9.17, 15) is 0 Å². The first-order chi connectivity index (χ1) is 0. The van der Waals surface area contributed by atoms with Crippen LogP contribution in [0.5, 0.6) is 0 Å². The van der Waals surface area contributed by atoms with Gasteiger partial charge in [0.25, 0.3) is 0 Å². The van der Waals surface area contributed by atoms with Crippen molar-refractivity contribution in [2.24, 2.45) is 0 Å². The van der Waals surface area contributed by atoms with Gasteiger partial charge in [0.2, 0.25) is 0 Å². The third kappa shape index (κ3) is 9.18. The van der Waals surface area contributed by atoms with Gasteiger partial charge in [-0.15, -0.1) is 0 Å². The molecule has 0 bridgehead atoms. The Morgan fingerprint density at radius 1 is 0.500 bits per heavy atom. The van der Waals surface area contributed by atoms with Crippen molar-refractivity contribution in [1.29, 1.82) is 0 Å². The summed E-state index contributed by atoms with van der Waals surface area (Å²) < 4.78 is 0. The summed E-state index contributed by atoms with van der Waals surface area (Å²) in [6.45, 7) is 0. The predicted octanol–water partition coefficient (Wildman–Crippen LogP) is -9.37. The van der Waals surface area contributed by atoms with E-state index in [1.807, 2.05) is 0 Å². The maximum Gasteiger partial charge on any atom is 2.00 e. The molecule has 0 nitrogen and oxygen atoms in total. The second-order valence-corrected chi connectivity index (χ2v) is 0. The first-order valence-corrected chi connectivity index (χ1v) is 0. The topological polar surface area (TPSA) is 0 Å². The summed E-state index contributed by atoms with van der Waals surface area (Å²) in [5, 5.41) is 0. The van der Waals surface area contributed by atoms with E-state index in [4.69, 9.17) is 0 Å². The predicted molar refractivity (Wildman–Crippen MR) is 5.75 cm³/mol. The third-order valence-electron chi connectivity index (χ3n) is 0. The van der Waals surface area contributed by atoms with Gasteiger partial charge in [-0.3, -0.25) is 0 Å². The second kappa shape index (κ2) is 15.9. The Labute approximate surface area is 114 Å². The molecule has 0 saturated carbocycles. The number of halogens is 3. The first-order valence-electron chi connectivity index (χ1n) is 0. The second-order valence-electron chi connectivity index (χ2n) is 0. The van der Waals surface area contributed by atoms with Crippen molar-refractivity contribution in [3.63, 3.8) is 0 Å². The van der Waals surface area contributed by atoms with Crippen LogP contribution in [0.3, 0.4) is 0 Å². The van der Waals surface area contributed by atoms with Crippen LogP contribution in [0.2, 0.25) is 0 Å². The van der Waals surface area contributed by atoms with Gasteiger partial charge in [-0.25, -0.2) is 0 Å². The maximum atomic E-state index is 0. The van der Waals surface area contributed by atoms with E-state index >= 15 is 0 Å². The summed E-state index contributed by atoms with van der Waals surface area (Å²) in [5.74, 6) is 0. The van der Waals surface area contributed by atoms with E-state index in [-0.39, 0.29) is 117 Å². The summed E-state index contributed by atoms with van der Waals surface area (Å²) in [5.41, 5.74) is 0. The van der Waals surface area contributed by atoms with Crippen LogP contribution in [0.15, 0.2) is 0 Å². The Bertz CT molecular complexity index is 3.25. The molecular weight excluding hydrogens is 468 g/mol. The molecule has 0 heterocycles. The minimum atomic E-state index is 0. The molecule has 0 amide bonds. The zero-order valence-electron chi connectivity index (χ0n) is 1.84. The minimum absolute atomic E-state index is 0. The fourth-order valence-corrected chi connectivity index (χ4v) is 0. The largest absolute Gasteiger partial charge is 2.00 e. The summed E-state index contributed by atoms with van der Waals surface area (Å²) in [4.78, 5) is 0. The van der Waals surface area contributed by atoms with Crippen molar-refractivity contribution in [2.45, 2.75) is 0 Å². The molecule has 4 heavy (non-hydrogen) atoms. The van der Waals surface area contributed by atoms with Gasteiger partial charge < -0.3 is 71.9 Å². The molecule has 0 aliphatic carbocycles. The minimum Gasteiger partial charge on any atom is -1.00 e. The molecule has 0 radical (unpaired) electrons. The average Bonchev–Trinajstić information content (AvgIpc) is 0. The number of hydrogen-bond donors (Lipinski definition) is 0. The van der Waals surface area contributed by atoms with Crippen molar-refractivity contribution in [3.8, 4) is 0 Å². The molecule has 0 unspecified atom stereocenters. The Hall–Kier alpha value is 3.67. The van der Waals surface area contributed by atoms with Crippen molar-refractivity contribution >= 4 is 45.5 Å². The average molecular weight is 468 g/mol. The van der Waals surface area contributed by atoms with E-state index in [0.717, 1.165) is 0 Å². The van der Waals surface area contributed by atoms with Crippen molar-refractivity contribution in [1.82, 2.24) is 0 Å². The van der Waals surface area contributed by atoms with Crippen LogP contribution >= 0.6 is 0 Å². The van der Waals surface area contributed by atoms with Crippen LogP contribution in [-0.2, 0) is 0 Å².